The van der Waals surface area contributed by atoms with Gasteiger partial charge in [0.25, 0.3) is 0 Å². The second-order valence-electron chi connectivity index (χ2n) is 21.3. The molecule has 11 aromatic rings. The van der Waals surface area contributed by atoms with Crippen LogP contribution in [0.2, 0.25) is 0 Å². The molecule has 4 heterocycles. The summed E-state index contributed by atoms with van der Waals surface area (Å²) in [6, 6.07) is 55.1. The molecular weight excluding hydrogens is 838 g/mol. The minimum atomic E-state index is -0.289. The Labute approximate surface area is 395 Å². The van der Waals surface area contributed by atoms with Gasteiger partial charge < -0.3 is 9.88 Å². The maximum Gasteiger partial charge on any atom is 0.198 e. The number of thiophene rings is 1. The first-order valence-electron chi connectivity index (χ1n) is 23.3. The van der Waals surface area contributed by atoms with Gasteiger partial charge in [0.2, 0.25) is 0 Å². The Hall–Kier alpha value is -6.47. The second-order valence-corrected chi connectivity index (χ2v) is 23.4. The van der Waals surface area contributed by atoms with Crippen LogP contribution in [0, 0.1) is 0 Å². The van der Waals surface area contributed by atoms with E-state index in [2.05, 4.69) is 211 Å². The molecule has 0 saturated heterocycles. The zero-order valence-corrected chi connectivity index (χ0v) is 40.4. The Morgan fingerprint density at radius 3 is 2.12 bits per heavy atom. The van der Waals surface area contributed by atoms with Crippen molar-refractivity contribution in [2.45, 2.75) is 71.6 Å². The smallest absolute Gasteiger partial charge is 0.198 e. The van der Waals surface area contributed by atoms with Gasteiger partial charge in [-0.05, 0) is 110 Å². The first kappa shape index (κ1) is 39.9. The minimum absolute atomic E-state index is 0.0170. The van der Waals surface area contributed by atoms with Crippen LogP contribution in [0.15, 0.2) is 146 Å². The Bertz CT molecular complexity index is 3850. The van der Waals surface area contributed by atoms with Gasteiger partial charge in [0, 0.05) is 70.1 Å². The molecule has 0 bridgehead atoms. The summed E-state index contributed by atoms with van der Waals surface area (Å²) >= 11 is 3.68. The van der Waals surface area contributed by atoms with E-state index in [0.717, 1.165) is 34.7 Å². The van der Waals surface area contributed by atoms with E-state index in [9.17, 15) is 0 Å². The van der Waals surface area contributed by atoms with Gasteiger partial charge >= 0.3 is 0 Å². The molecule has 0 radical (unpaired) electrons. The van der Waals surface area contributed by atoms with E-state index in [1.165, 1.54) is 108 Å². The van der Waals surface area contributed by atoms with Crippen LogP contribution in [0.4, 0.5) is 11.4 Å². The van der Waals surface area contributed by atoms with E-state index in [0.29, 0.717) is 0 Å². The molecular formula is C60H50BN3S2. The van der Waals surface area contributed by atoms with Crippen LogP contribution in [0.3, 0.4) is 0 Å². The number of fused-ring (bicyclic) bond motifs is 13. The van der Waals surface area contributed by atoms with Crippen LogP contribution >= 0.6 is 22.7 Å². The number of benzene rings is 8. The van der Waals surface area contributed by atoms with Gasteiger partial charge in [-0.2, -0.15) is 0 Å². The molecule has 3 nitrogen and oxygen atoms in total. The fourth-order valence-corrected chi connectivity index (χ4v) is 13.5. The third-order valence-corrected chi connectivity index (χ3v) is 16.9. The SMILES string of the molecule is CC(C)(C)c1ccc(Nc2cc3sc4ccccc4c3cc2-c2c3c(c4c5cc(C(C)(C)C)ccc5n5c4c2Bc2cc4nc(-c6ccccc6)sc4cc2-5)-c2ccccc2C3(C)C)cc1. The summed E-state index contributed by atoms with van der Waals surface area (Å²) < 4.78 is 6.45. The highest BCUT2D eigenvalue weighted by Gasteiger charge is 2.43. The van der Waals surface area contributed by atoms with Gasteiger partial charge in [-0.3, -0.25) is 0 Å². The minimum Gasteiger partial charge on any atom is -0.355 e. The zero-order valence-electron chi connectivity index (χ0n) is 38.8. The summed E-state index contributed by atoms with van der Waals surface area (Å²) in [5, 5.41) is 10.4. The lowest BCUT2D eigenvalue weighted by molar-refractivity contribution is 0.590. The van der Waals surface area contributed by atoms with Gasteiger partial charge in [0.1, 0.15) is 5.01 Å². The molecule has 1 aliphatic carbocycles. The molecule has 0 unspecified atom stereocenters. The highest BCUT2D eigenvalue weighted by Crippen LogP contribution is 2.58. The molecule has 2 aliphatic rings. The number of nitrogens with one attached hydrogen (secondary N) is 1. The third kappa shape index (κ3) is 5.77. The van der Waals surface area contributed by atoms with Crippen LogP contribution in [-0.2, 0) is 16.2 Å². The maximum atomic E-state index is 5.31. The highest BCUT2D eigenvalue weighted by atomic mass is 32.1. The Balaban J connectivity index is 1.18. The normalized spacial score (nSPS) is 14.0. The number of thiazole rings is 1. The van der Waals surface area contributed by atoms with Crippen molar-refractivity contribution < 1.29 is 0 Å². The molecule has 0 atom stereocenters. The van der Waals surface area contributed by atoms with E-state index in [-0.39, 0.29) is 16.2 Å². The number of nitrogens with zero attached hydrogens (tertiary/aromatic N) is 2. The monoisotopic (exact) mass is 887 g/mol. The maximum absolute atomic E-state index is 5.31. The highest BCUT2D eigenvalue weighted by molar-refractivity contribution is 7.25. The molecule has 1 N–H and O–H groups in total. The Kier molecular flexibility index (Phi) is 8.33. The zero-order chi connectivity index (χ0) is 45.0. The first-order chi connectivity index (χ1) is 31.7. The molecule has 1 aliphatic heterocycles. The topological polar surface area (TPSA) is 29.9 Å². The lowest BCUT2D eigenvalue weighted by Crippen LogP contribution is -2.38. The van der Waals surface area contributed by atoms with Crippen molar-refractivity contribution in [1.82, 2.24) is 9.55 Å². The van der Waals surface area contributed by atoms with E-state index < -0.39 is 0 Å². The van der Waals surface area contributed by atoms with Gasteiger partial charge in [-0.25, -0.2) is 4.98 Å². The summed E-state index contributed by atoms with van der Waals surface area (Å²) in [6.45, 7) is 18.8. The number of hydrogen-bond acceptors (Lipinski definition) is 4. The summed E-state index contributed by atoms with van der Waals surface area (Å²) in [4.78, 5) is 5.31. The molecule has 6 heteroatoms. The number of anilines is 2. The van der Waals surface area contributed by atoms with Crippen molar-refractivity contribution in [3.8, 4) is 38.5 Å². The lowest BCUT2D eigenvalue weighted by Gasteiger charge is -2.30. The molecule has 0 saturated carbocycles. The second kappa shape index (κ2) is 13.8. The van der Waals surface area contributed by atoms with Crippen LogP contribution in [0.5, 0.6) is 0 Å². The number of aromatic nitrogens is 2. The Morgan fingerprint density at radius 1 is 0.606 bits per heavy atom. The van der Waals surface area contributed by atoms with Gasteiger partial charge in [0.05, 0.1) is 15.7 Å². The molecule has 320 valence electrons. The fourth-order valence-electron chi connectivity index (χ4n) is 11.4. The fraction of sp³-hybridized carbons (Fsp3) is 0.183. The molecule has 0 spiro atoms. The van der Waals surface area contributed by atoms with E-state index >= 15 is 0 Å². The van der Waals surface area contributed by atoms with Crippen molar-refractivity contribution >= 4 is 104 Å². The molecule has 8 aromatic carbocycles. The number of hydrogen-bond donors (Lipinski definition) is 1. The molecule has 66 heavy (non-hydrogen) atoms. The van der Waals surface area contributed by atoms with E-state index in [1.54, 1.807) is 11.3 Å². The summed E-state index contributed by atoms with van der Waals surface area (Å²) in [7, 11) is 0.791. The quantitative estimate of drug-likeness (QED) is 0.178. The summed E-state index contributed by atoms with van der Waals surface area (Å²) in [5.74, 6) is 0. The van der Waals surface area contributed by atoms with Crippen molar-refractivity contribution in [2.75, 3.05) is 5.32 Å². The lowest BCUT2D eigenvalue weighted by atomic mass is 9.57. The molecule has 0 fully saturated rings. The van der Waals surface area contributed by atoms with Crippen molar-refractivity contribution in [3.63, 3.8) is 0 Å². The first-order valence-corrected chi connectivity index (χ1v) is 25.0. The standard InChI is InChI=1S/C60H50BN3S2/c1-58(2,3)34-22-25-36(26-23-34)62-44-31-49-39(37-18-13-15-21-48(37)65-49)29-40(44)53-54-51(38-19-12-14-20-42(38)60(54,7)8)52-41-28-35(59(4,5)6)24-27-46(41)64-47-32-50-45(30-43(47)61-55(53)56(52)64)63-57(66-50)33-16-10-9-11-17-33/h9-32,61-62H,1-8H3. The predicted molar refractivity (Wildman–Crippen MR) is 289 cm³/mol. The van der Waals surface area contributed by atoms with E-state index in [1.807, 2.05) is 11.3 Å². The summed E-state index contributed by atoms with van der Waals surface area (Å²) in [6.07, 6.45) is 0. The average molecular weight is 888 g/mol. The molecule has 3 aromatic heterocycles. The van der Waals surface area contributed by atoms with Crippen molar-refractivity contribution in [1.29, 1.82) is 0 Å². The largest absolute Gasteiger partial charge is 0.355 e. The van der Waals surface area contributed by atoms with Crippen molar-refractivity contribution in [3.05, 3.63) is 168 Å². The molecule has 0 amide bonds. The average Bonchev–Trinajstić information content (AvgIpc) is 4.04. The molecule has 13 rings (SSSR count). The van der Waals surface area contributed by atoms with Crippen LogP contribution < -0.4 is 16.2 Å². The predicted octanol–water partition coefficient (Wildman–Crippen LogP) is 15.4. The third-order valence-electron chi connectivity index (χ3n) is 14.7. The van der Waals surface area contributed by atoms with Crippen LogP contribution in [0.25, 0.3) is 90.7 Å². The van der Waals surface area contributed by atoms with E-state index in [4.69, 9.17) is 4.98 Å². The summed E-state index contributed by atoms with van der Waals surface area (Å²) in [5.41, 5.74) is 21.5. The van der Waals surface area contributed by atoms with Gasteiger partial charge in [-0.15, -0.1) is 22.7 Å². The van der Waals surface area contributed by atoms with Gasteiger partial charge in [-0.1, -0.05) is 152 Å². The van der Waals surface area contributed by atoms with Crippen LogP contribution in [0.1, 0.15) is 77.6 Å². The van der Waals surface area contributed by atoms with Gasteiger partial charge in [0.15, 0.2) is 7.28 Å². The Morgan fingerprint density at radius 2 is 1.33 bits per heavy atom. The van der Waals surface area contributed by atoms with Crippen LogP contribution in [-0.4, -0.2) is 16.8 Å². The van der Waals surface area contributed by atoms with Crippen molar-refractivity contribution in [2.24, 2.45) is 0 Å². The number of rotatable bonds is 4.